The monoisotopic (exact) mass is 384 g/mol. The predicted molar refractivity (Wildman–Crippen MR) is 113 cm³/mol. The number of nitrogens with zero attached hydrogens (tertiary/aromatic N) is 1. The summed E-state index contributed by atoms with van der Waals surface area (Å²) in [6.45, 7) is 7.60. The largest absolute Gasteiger partial charge is 0.491 e. The lowest BCUT2D eigenvalue weighted by atomic mass is 9.78. The lowest BCUT2D eigenvalue weighted by molar-refractivity contribution is -0.148. The minimum atomic E-state index is -0.737. The quantitative estimate of drug-likeness (QED) is 0.667. The maximum absolute atomic E-state index is 13.4. The van der Waals surface area contributed by atoms with Crippen LogP contribution in [0.4, 0.5) is 5.69 Å². The number of ether oxygens (including phenoxy) is 2. The summed E-state index contributed by atoms with van der Waals surface area (Å²) < 4.78 is 12.0. The van der Waals surface area contributed by atoms with E-state index >= 15 is 0 Å². The molecule has 1 heterocycles. The van der Waals surface area contributed by atoms with Gasteiger partial charge in [0.15, 0.2) is 0 Å². The van der Waals surface area contributed by atoms with Crippen LogP contribution in [0.1, 0.15) is 59.3 Å². The number of carbonyl (C=O) groups is 1. The normalized spacial score (nSPS) is 22.2. The van der Waals surface area contributed by atoms with Crippen LogP contribution in [-0.2, 0) is 9.53 Å². The fourth-order valence-electron chi connectivity index (χ4n) is 4.02. The smallest absolute Gasteiger partial charge is 0.256 e. The van der Waals surface area contributed by atoms with Crippen LogP contribution >= 0.6 is 0 Å². The van der Waals surface area contributed by atoms with Gasteiger partial charge in [0, 0.05) is 18.2 Å². The van der Waals surface area contributed by atoms with Gasteiger partial charge in [0.05, 0.1) is 12.3 Å². The van der Waals surface area contributed by atoms with Crippen molar-refractivity contribution in [3.63, 3.8) is 0 Å². The van der Waals surface area contributed by atoms with Crippen molar-refractivity contribution >= 4 is 22.5 Å². The number of rotatable bonds is 8. The average Bonchev–Trinajstić information content (AvgIpc) is 2.71. The molecule has 1 aliphatic carbocycles. The molecular weight excluding hydrogens is 352 g/mol. The van der Waals surface area contributed by atoms with Crippen LogP contribution in [-0.4, -0.2) is 29.7 Å². The standard InChI is InChI=1S/C23H32N2O3/c1-4-14-27-20-11-10-19(18-9-7-13-24-21(18)20)25-22(26)23(28-15-5-2)12-6-8-17(3)16-23/h7,9-11,13,17H,4-6,8,12,14-16H2,1-3H3,(H,25,26)/t17-,23-/m1/s1. The molecule has 152 valence electrons. The van der Waals surface area contributed by atoms with E-state index in [0.717, 1.165) is 60.9 Å². The fraction of sp³-hybridized carbons (Fsp3) is 0.565. The van der Waals surface area contributed by atoms with Crippen LogP contribution in [0.25, 0.3) is 10.9 Å². The molecule has 1 amide bonds. The minimum Gasteiger partial charge on any atom is -0.491 e. The Bertz CT molecular complexity index is 808. The van der Waals surface area contributed by atoms with Crippen molar-refractivity contribution in [2.75, 3.05) is 18.5 Å². The average molecular weight is 385 g/mol. The van der Waals surface area contributed by atoms with Crippen LogP contribution in [0.3, 0.4) is 0 Å². The van der Waals surface area contributed by atoms with E-state index in [2.05, 4.69) is 31.1 Å². The molecule has 1 N–H and O–H groups in total. The summed E-state index contributed by atoms with van der Waals surface area (Å²) in [5.41, 5.74) is 0.795. The molecule has 1 aromatic heterocycles. The Morgan fingerprint density at radius 1 is 1.25 bits per heavy atom. The zero-order valence-electron chi connectivity index (χ0n) is 17.3. The number of hydrogen-bond donors (Lipinski definition) is 1. The molecule has 3 rings (SSSR count). The maximum Gasteiger partial charge on any atom is 0.256 e. The van der Waals surface area contributed by atoms with Gasteiger partial charge in [0.1, 0.15) is 16.9 Å². The predicted octanol–water partition coefficient (Wildman–Crippen LogP) is 5.34. The highest BCUT2D eigenvalue weighted by Gasteiger charge is 2.42. The Morgan fingerprint density at radius 2 is 2.07 bits per heavy atom. The molecule has 1 aliphatic rings. The van der Waals surface area contributed by atoms with Crippen molar-refractivity contribution < 1.29 is 14.3 Å². The number of amides is 1. The molecule has 5 heteroatoms. The number of aromatic nitrogens is 1. The van der Waals surface area contributed by atoms with Crippen LogP contribution in [0.2, 0.25) is 0 Å². The zero-order chi connectivity index (χ0) is 20.0. The molecule has 5 nitrogen and oxygen atoms in total. The Kier molecular flexibility index (Phi) is 6.89. The van der Waals surface area contributed by atoms with Gasteiger partial charge in [-0.2, -0.15) is 0 Å². The first kappa shape index (κ1) is 20.6. The van der Waals surface area contributed by atoms with Crippen molar-refractivity contribution in [2.24, 2.45) is 5.92 Å². The lowest BCUT2D eigenvalue weighted by Gasteiger charge is -2.38. The third-order valence-electron chi connectivity index (χ3n) is 5.39. The molecule has 1 saturated carbocycles. The van der Waals surface area contributed by atoms with E-state index in [-0.39, 0.29) is 5.91 Å². The first-order valence-corrected chi connectivity index (χ1v) is 10.6. The highest BCUT2D eigenvalue weighted by molar-refractivity contribution is 6.05. The Labute approximate surface area is 167 Å². The Morgan fingerprint density at radius 3 is 2.82 bits per heavy atom. The fourth-order valence-corrected chi connectivity index (χ4v) is 4.02. The van der Waals surface area contributed by atoms with E-state index in [1.807, 2.05) is 24.3 Å². The van der Waals surface area contributed by atoms with Crippen molar-refractivity contribution in [2.45, 2.75) is 64.9 Å². The number of hydrogen-bond acceptors (Lipinski definition) is 4. The van der Waals surface area contributed by atoms with E-state index in [4.69, 9.17) is 9.47 Å². The van der Waals surface area contributed by atoms with E-state index in [0.29, 0.717) is 19.1 Å². The molecule has 2 atom stereocenters. The minimum absolute atomic E-state index is 0.0418. The summed E-state index contributed by atoms with van der Waals surface area (Å²) in [6.07, 6.45) is 7.30. The number of nitrogens with one attached hydrogen (secondary N) is 1. The lowest BCUT2D eigenvalue weighted by Crippen LogP contribution is -2.48. The van der Waals surface area contributed by atoms with E-state index in [9.17, 15) is 4.79 Å². The summed E-state index contributed by atoms with van der Waals surface area (Å²) in [5, 5.41) is 4.04. The van der Waals surface area contributed by atoms with Gasteiger partial charge in [-0.15, -0.1) is 0 Å². The van der Waals surface area contributed by atoms with Crippen LogP contribution < -0.4 is 10.1 Å². The summed E-state index contributed by atoms with van der Waals surface area (Å²) in [4.78, 5) is 17.8. The third-order valence-corrected chi connectivity index (χ3v) is 5.39. The number of anilines is 1. The maximum atomic E-state index is 13.4. The molecule has 0 saturated heterocycles. The molecule has 0 bridgehead atoms. The second kappa shape index (κ2) is 9.37. The van der Waals surface area contributed by atoms with E-state index in [1.165, 1.54) is 0 Å². The molecule has 0 unspecified atom stereocenters. The van der Waals surface area contributed by atoms with Crippen LogP contribution in [0.5, 0.6) is 5.75 Å². The van der Waals surface area contributed by atoms with Gasteiger partial charge in [0.25, 0.3) is 5.91 Å². The third kappa shape index (κ3) is 4.46. The van der Waals surface area contributed by atoms with Crippen molar-refractivity contribution in [1.82, 2.24) is 4.98 Å². The van der Waals surface area contributed by atoms with Crippen LogP contribution in [0, 0.1) is 5.92 Å². The summed E-state index contributed by atoms with van der Waals surface area (Å²) >= 11 is 0. The molecule has 1 aromatic carbocycles. The number of pyridine rings is 1. The van der Waals surface area contributed by atoms with Crippen LogP contribution in [0.15, 0.2) is 30.5 Å². The molecule has 0 aliphatic heterocycles. The number of fused-ring (bicyclic) bond motifs is 1. The van der Waals surface area contributed by atoms with Gasteiger partial charge < -0.3 is 14.8 Å². The molecule has 2 aromatic rings. The SMILES string of the molecule is CCCOc1ccc(NC(=O)[C@@]2(OCCC)CCC[C@@H](C)C2)c2cccnc12. The Hall–Kier alpha value is -2.14. The zero-order valence-corrected chi connectivity index (χ0v) is 17.3. The van der Waals surface area contributed by atoms with Gasteiger partial charge in [-0.05, 0) is 62.3 Å². The molecule has 0 spiro atoms. The topological polar surface area (TPSA) is 60.5 Å². The second-order valence-corrected chi connectivity index (χ2v) is 7.86. The van der Waals surface area contributed by atoms with Gasteiger partial charge >= 0.3 is 0 Å². The molecule has 0 radical (unpaired) electrons. The molecular formula is C23H32N2O3. The second-order valence-electron chi connectivity index (χ2n) is 7.86. The Balaban J connectivity index is 1.89. The number of benzene rings is 1. The first-order chi connectivity index (χ1) is 13.6. The summed E-state index contributed by atoms with van der Waals surface area (Å²) in [6, 6.07) is 7.66. The van der Waals surface area contributed by atoms with Gasteiger partial charge in [-0.3, -0.25) is 9.78 Å². The number of carbonyl (C=O) groups excluding carboxylic acids is 1. The van der Waals surface area contributed by atoms with Crippen molar-refractivity contribution in [3.05, 3.63) is 30.5 Å². The highest BCUT2D eigenvalue weighted by Crippen LogP contribution is 2.37. The van der Waals surface area contributed by atoms with Gasteiger partial charge in [0.2, 0.25) is 0 Å². The highest BCUT2D eigenvalue weighted by atomic mass is 16.5. The van der Waals surface area contributed by atoms with Crippen molar-refractivity contribution in [1.29, 1.82) is 0 Å². The first-order valence-electron chi connectivity index (χ1n) is 10.6. The van der Waals surface area contributed by atoms with E-state index in [1.54, 1.807) is 6.20 Å². The summed E-state index contributed by atoms with van der Waals surface area (Å²) in [5.74, 6) is 1.19. The van der Waals surface area contributed by atoms with Gasteiger partial charge in [-0.25, -0.2) is 0 Å². The van der Waals surface area contributed by atoms with Crippen molar-refractivity contribution in [3.8, 4) is 5.75 Å². The molecule has 1 fully saturated rings. The van der Waals surface area contributed by atoms with E-state index < -0.39 is 5.60 Å². The molecule has 28 heavy (non-hydrogen) atoms. The summed E-state index contributed by atoms with van der Waals surface area (Å²) in [7, 11) is 0. The van der Waals surface area contributed by atoms with Gasteiger partial charge in [-0.1, -0.05) is 27.2 Å².